The van der Waals surface area contributed by atoms with Crippen LogP contribution in [0, 0.1) is 0 Å². The maximum absolute atomic E-state index is 12.0. The first-order valence-corrected chi connectivity index (χ1v) is 7.00. The van der Waals surface area contributed by atoms with Crippen LogP contribution in [0.15, 0.2) is 34.9 Å². The molecule has 0 atom stereocenters. The molecule has 0 saturated heterocycles. The normalized spacial score (nSPS) is 10.6. The van der Waals surface area contributed by atoms with Crippen LogP contribution < -0.4 is 9.79 Å². The van der Waals surface area contributed by atoms with Gasteiger partial charge in [-0.2, -0.15) is 0 Å². The van der Waals surface area contributed by atoms with Gasteiger partial charge in [0.25, 0.3) is 5.69 Å². The molecule has 0 spiro atoms. The molecule has 0 saturated carbocycles. The second kappa shape index (κ2) is 6.88. The number of benzene rings is 1. The monoisotopic (exact) mass is 289 g/mol. The van der Waals surface area contributed by atoms with E-state index in [1.54, 1.807) is 7.05 Å². The van der Waals surface area contributed by atoms with Gasteiger partial charge in [0.2, 0.25) is 11.6 Å². The fourth-order valence-electron chi connectivity index (χ4n) is 2.00. The van der Waals surface area contributed by atoms with Crippen molar-refractivity contribution in [3.63, 3.8) is 0 Å². The molecule has 0 aliphatic rings. The molecular formula is C15H19N3O3. The zero-order valence-corrected chi connectivity index (χ0v) is 12.3. The Hall–Kier alpha value is -2.37. The predicted molar refractivity (Wildman–Crippen MR) is 73.5 cm³/mol. The Labute approximate surface area is 123 Å². The number of carbonyl (C=O) groups is 1. The number of unbranched alkanes of at least 4 members (excludes halogenated alkanes) is 1. The molecule has 112 valence electrons. The molecule has 6 nitrogen and oxygen atoms in total. The minimum Gasteiger partial charge on any atom is -0.539 e. The van der Waals surface area contributed by atoms with Crippen LogP contribution in [0.2, 0.25) is 0 Å². The highest BCUT2D eigenvalue weighted by atomic mass is 16.6. The van der Waals surface area contributed by atoms with Crippen LogP contribution in [0.4, 0.5) is 0 Å². The number of nitrogens with zero attached hydrogens (tertiary/aromatic N) is 3. The van der Waals surface area contributed by atoms with E-state index in [1.165, 1.54) is 9.58 Å². The molecule has 2 aromatic rings. The fourth-order valence-corrected chi connectivity index (χ4v) is 2.00. The smallest absolute Gasteiger partial charge is 0.259 e. The maximum atomic E-state index is 12.0. The highest BCUT2D eigenvalue weighted by Gasteiger charge is 2.23. The molecule has 0 fully saturated rings. The van der Waals surface area contributed by atoms with Crippen molar-refractivity contribution in [2.75, 3.05) is 7.05 Å². The van der Waals surface area contributed by atoms with E-state index in [4.69, 9.17) is 4.52 Å². The zero-order valence-electron chi connectivity index (χ0n) is 12.3. The van der Waals surface area contributed by atoms with E-state index in [2.05, 4.69) is 5.27 Å². The SMILES string of the molecule is CCCCC(=O)N(C)Cc1c([O-])on[n+]1-c1ccccc1. The Bertz CT molecular complexity index is 595. The van der Waals surface area contributed by atoms with Crippen LogP contribution in [-0.4, -0.2) is 23.1 Å². The highest BCUT2D eigenvalue weighted by Crippen LogP contribution is 2.13. The number of aromatic nitrogens is 2. The summed E-state index contributed by atoms with van der Waals surface area (Å²) in [4.78, 5) is 13.5. The summed E-state index contributed by atoms with van der Waals surface area (Å²) in [7, 11) is 1.68. The molecule has 0 aliphatic carbocycles. The van der Waals surface area contributed by atoms with E-state index in [0.717, 1.165) is 18.5 Å². The second-order valence-electron chi connectivity index (χ2n) is 4.91. The number of hydrogen-bond acceptors (Lipinski definition) is 4. The van der Waals surface area contributed by atoms with E-state index < -0.39 is 5.95 Å². The van der Waals surface area contributed by atoms with Gasteiger partial charge in [-0.3, -0.25) is 4.79 Å². The first kappa shape index (κ1) is 15.0. The quantitative estimate of drug-likeness (QED) is 0.748. The largest absolute Gasteiger partial charge is 0.539 e. The molecule has 6 heteroatoms. The van der Waals surface area contributed by atoms with Gasteiger partial charge in [0.1, 0.15) is 6.54 Å². The standard InChI is InChI=1S/C15H19N3O3/c1-3-4-10-14(19)17(2)11-13-15(20)21-16-18(13)12-8-6-5-7-9-12/h5-9H,3-4,10-11H2,1-2H3. The molecule has 1 amide bonds. The van der Waals surface area contributed by atoms with Crippen LogP contribution in [0.5, 0.6) is 5.95 Å². The summed E-state index contributed by atoms with van der Waals surface area (Å²) >= 11 is 0. The maximum Gasteiger partial charge on any atom is 0.259 e. The second-order valence-corrected chi connectivity index (χ2v) is 4.91. The molecule has 1 heterocycles. The van der Waals surface area contributed by atoms with Gasteiger partial charge >= 0.3 is 0 Å². The molecule has 0 unspecified atom stereocenters. The summed E-state index contributed by atoms with van der Waals surface area (Å²) in [5.74, 6) is -0.508. The lowest BCUT2D eigenvalue weighted by Gasteiger charge is -2.14. The highest BCUT2D eigenvalue weighted by molar-refractivity contribution is 5.75. The Morgan fingerprint density at radius 3 is 2.76 bits per heavy atom. The number of hydrogen-bond donors (Lipinski definition) is 0. The summed E-state index contributed by atoms with van der Waals surface area (Å²) in [5.41, 5.74) is 1.07. The van der Waals surface area contributed by atoms with Crippen molar-refractivity contribution in [1.29, 1.82) is 0 Å². The average Bonchev–Trinajstić information content (AvgIpc) is 2.86. The summed E-state index contributed by atoms with van der Waals surface area (Å²) < 4.78 is 6.17. The Balaban J connectivity index is 2.17. The molecule has 0 radical (unpaired) electrons. The number of carbonyl (C=O) groups excluding carboxylic acids is 1. The Morgan fingerprint density at radius 1 is 1.38 bits per heavy atom. The van der Waals surface area contributed by atoms with Crippen molar-refractivity contribution in [3.8, 4) is 11.6 Å². The van der Waals surface area contributed by atoms with Crippen molar-refractivity contribution in [2.45, 2.75) is 32.7 Å². The van der Waals surface area contributed by atoms with Crippen LogP contribution in [0.25, 0.3) is 5.69 Å². The third-order valence-corrected chi connectivity index (χ3v) is 3.25. The van der Waals surface area contributed by atoms with Gasteiger partial charge in [-0.1, -0.05) is 31.5 Å². The molecule has 1 aromatic carbocycles. The third kappa shape index (κ3) is 3.59. The van der Waals surface area contributed by atoms with Crippen molar-refractivity contribution >= 4 is 5.91 Å². The molecule has 2 rings (SSSR count). The molecular weight excluding hydrogens is 270 g/mol. The van der Waals surface area contributed by atoms with Gasteiger partial charge in [0.15, 0.2) is 5.95 Å². The number of rotatable bonds is 6. The van der Waals surface area contributed by atoms with E-state index in [-0.39, 0.29) is 12.5 Å². The molecule has 0 N–H and O–H groups in total. The Kier molecular flexibility index (Phi) is 4.92. The summed E-state index contributed by atoms with van der Waals surface area (Å²) in [5, 5.41) is 15.5. The minimum absolute atomic E-state index is 0.0112. The van der Waals surface area contributed by atoms with E-state index in [9.17, 15) is 9.90 Å². The van der Waals surface area contributed by atoms with Crippen LogP contribution in [0.3, 0.4) is 0 Å². The molecule has 1 aromatic heterocycles. The van der Waals surface area contributed by atoms with Gasteiger partial charge in [0, 0.05) is 25.6 Å². The molecule has 0 bridgehead atoms. The van der Waals surface area contributed by atoms with Crippen LogP contribution in [-0.2, 0) is 11.3 Å². The van der Waals surface area contributed by atoms with Crippen molar-refractivity contribution in [2.24, 2.45) is 0 Å². The van der Waals surface area contributed by atoms with Gasteiger partial charge in [-0.05, 0) is 11.1 Å². The van der Waals surface area contributed by atoms with Gasteiger partial charge in [-0.25, -0.2) is 0 Å². The molecule has 21 heavy (non-hydrogen) atoms. The minimum atomic E-state index is -0.519. The summed E-state index contributed by atoms with van der Waals surface area (Å²) in [6.45, 7) is 2.21. The van der Waals surface area contributed by atoms with Gasteiger partial charge < -0.3 is 14.5 Å². The first-order chi connectivity index (χ1) is 10.1. The average molecular weight is 289 g/mol. The van der Waals surface area contributed by atoms with Crippen molar-refractivity contribution in [3.05, 3.63) is 36.0 Å². The number of amides is 1. The number of para-hydroxylation sites is 1. The third-order valence-electron chi connectivity index (χ3n) is 3.25. The van der Waals surface area contributed by atoms with Crippen molar-refractivity contribution < 1.29 is 19.1 Å². The van der Waals surface area contributed by atoms with Gasteiger partial charge in [-0.15, -0.1) is 0 Å². The van der Waals surface area contributed by atoms with E-state index >= 15 is 0 Å². The topological polar surface area (TPSA) is 73.3 Å². The van der Waals surface area contributed by atoms with E-state index in [1.807, 2.05) is 37.3 Å². The van der Waals surface area contributed by atoms with E-state index in [0.29, 0.717) is 12.1 Å². The van der Waals surface area contributed by atoms with Crippen molar-refractivity contribution in [1.82, 2.24) is 10.2 Å². The molecule has 0 aliphatic heterocycles. The zero-order chi connectivity index (χ0) is 15.2. The first-order valence-electron chi connectivity index (χ1n) is 7.00. The van der Waals surface area contributed by atoms with Crippen LogP contribution in [0.1, 0.15) is 31.9 Å². The summed E-state index contributed by atoms with van der Waals surface area (Å²) in [6.07, 6.45) is 2.29. The van der Waals surface area contributed by atoms with Gasteiger partial charge in [0.05, 0.1) is 5.27 Å². The van der Waals surface area contributed by atoms with Crippen LogP contribution >= 0.6 is 0 Å². The predicted octanol–water partition coefficient (Wildman–Crippen LogP) is 1.17. The lowest BCUT2D eigenvalue weighted by atomic mass is 10.2. The summed E-state index contributed by atoms with van der Waals surface area (Å²) in [6, 6.07) is 9.22. The lowest BCUT2D eigenvalue weighted by molar-refractivity contribution is -0.678. The lowest BCUT2D eigenvalue weighted by Crippen LogP contribution is -2.40. The fraction of sp³-hybridized carbons (Fsp3) is 0.400. The Morgan fingerprint density at radius 2 is 2.10 bits per heavy atom.